The van der Waals surface area contributed by atoms with Gasteiger partial charge in [0.2, 0.25) is 0 Å². The van der Waals surface area contributed by atoms with Crippen LogP contribution in [0.5, 0.6) is 0 Å². The summed E-state index contributed by atoms with van der Waals surface area (Å²) in [6.07, 6.45) is 0.816. The Kier molecular flexibility index (Phi) is 4.43. The van der Waals surface area contributed by atoms with Gasteiger partial charge in [0.25, 0.3) is 0 Å². The minimum atomic E-state index is -1.33. The largest absolute Gasteiger partial charge is 0.419 e. The Labute approximate surface area is 67.1 Å². The van der Waals surface area contributed by atoms with Gasteiger partial charge in [0, 0.05) is 22.6 Å². The molecule has 1 N–H and O–H groups in total. The molecule has 0 aliphatic heterocycles. The predicted molar refractivity (Wildman–Crippen MR) is 49.9 cm³/mol. The average Bonchev–Trinajstić information content (AvgIpc) is 1.59. The maximum Gasteiger partial charge on any atom is 0.183 e. The van der Waals surface area contributed by atoms with E-state index in [2.05, 4.69) is 19.6 Å². The molecule has 0 rings (SSSR count). The molecule has 4 heteroatoms. The Morgan fingerprint density at radius 1 is 1.50 bits per heavy atom. The highest BCUT2D eigenvalue weighted by Crippen LogP contribution is 2.06. The van der Waals surface area contributed by atoms with Gasteiger partial charge in [0.15, 0.2) is 8.32 Å². The molecule has 2 nitrogen and oxygen atoms in total. The van der Waals surface area contributed by atoms with Crippen molar-refractivity contribution in [2.45, 2.75) is 31.8 Å². The lowest BCUT2D eigenvalue weighted by Gasteiger charge is -2.22. The SMILES string of the molecule is C[Si](C)(C)OC([SiH3])CCO. The molecular weight excluding hydrogens is 160 g/mol. The van der Waals surface area contributed by atoms with E-state index in [1.165, 1.54) is 0 Å². The van der Waals surface area contributed by atoms with Gasteiger partial charge in [-0.2, -0.15) is 0 Å². The van der Waals surface area contributed by atoms with Crippen molar-refractivity contribution in [1.29, 1.82) is 0 Å². The first-order valence-corrected chi connectivity index (χ1v) is 8.30. The van der Waals surface area contributed by atoms with E-state index in [0.29, 0.717) is 5.73 Å². The summed E-state index contributed by atoms with van der Waals surface area (Å²) in [6.45, 7) is 6.79. The lowest BCUT2D eigenvalue weighted by atomic mass is 10.5. The number of hydrogen-bond donors (Lipinski definition) is 1. The quantitative estimate of drug-likeness (QED) is 0.610. The third-order valence-electron chi connectivity index (χ3n) is 1.09. The number of aliphatic hydroxyl groups excluding tert-OH is 1. The molecular formula is C6H18O2Si2. The zero-order valence-corrected chi connectivity index (χ0v) is 10.3. The summed E-state index contributed by atoms with van der Waals surface area (Å²) in [4.78, 5) is 0. The summed E-state index contributed by atoms with van der Waals surface area (Å²) < 4.78 is 5.72. The fourth-order valence-corrected chi connectivity index (χ4v) is 4.55. The lowest BCUT2D eigenvalue weighted by Crippen LogP contribution is -2.32. The average molecular weight is 178 g/mol. The van der Waals surface area contributed by atoms with Crippen molar-refractivity contribution < 1.29 is 9.53 Å². The Balaban J connectivity index is 3.47. The van der Waals surface area contributed by atoms with Crippen molar-refractivity contribution in [2.24, 2.45) is 0 Å². The van der Waals surface area contributed by atoms with Gasteiger partial charge in [-0.1, -0.05) is 0 Å². The number of hydrogen-bond acceptors (Lipinski definition) is 2. The van der Waals surface area contributed by atoms with Gasteiger partial charge in [-0.25, -0.2) is 0 Å². The van der Waals surface area contributed by atoms with Gasteiger partial charge in [-0.3, -0.25) is 0 Å². The standard InChI is InChI=1S/C6H18O2Si2/c1-10(2,3)8-6(9)4-5-7/h6-7H,4-5H2,1-3,9H3. The molecule has 0 aliphatic carbocycles. The summed E-state index contributed by atoms with van der Waals surface area (Å²) in [5.41, 5.74) is 0.358. The Morgan fingerprint density at radius 2 is 2.00 bits per heavy atom. The van der Waals surface area contributed by atoms with Crippen molar-refractivity contribution in [3.05, 3.63) is 0 Å². The highest BCUT2D eigenvalue weighted by atomic mass is 28.4. The highest BCUT2D eigenvalue weighted by Gasteiger charge is 2.17. The van der Waals surface area contributed by atoms with E-state index >= 15 is 0 Å². The van der Waals surface area contributed by atoms with Crippen molar-refractivity contribution in [3.8, 4) is 0 Å². The molecule has 0 saturated heterocycles. The van der Waals surface area contributed by atoms with Crippen LogP contribution >= 0.6 is 0 Å². The summed E-state index contributed by atoms with van der Waals surface area (Å²) in [6, 6.07) is 0. The first-order chi connectivity index (χ1) is 4.45. The normalized spacial score (nSPS) is 15.6. The van der Waals surface area contributed by atoms with Crippen LogP contribution < -0.4 is 0 Å². The third kappa shape index (κ3) is 6.47. The van der Waals surface area contributed by atoms with Crippen molar-refractivity contribution >= 4 is 18.6 Å². The summed E-state index contributed by atoms with van der Waals surface area (Å²) in [5.74, 6) is 0. The van der Waals surface area contributed by atoms with Crippen LogP contribution in [0.2, 0.25) is 19.6 Å². The van der Waals surface area contributed by atoms with Crippen LogP contribution in [0.3, 0.4) is 0 Å². The van der Waals surface area contributed by atoms with Crippen molar-refractivity contribution in [3.63, 3.8) is 0 Å². The molecule has 1 atom stereocenters. The van der Waals surface area contributed by atoms with Gasteiger partial charge in [-0.15, -0.1) is 0 Å². The Morgan fingerprint density at radius 3 is 2.30 bits per heavy atom. The number of aliphatic hydroxyl groups is 1. The van der Waals surface area contributed by atoms with E-state index in [-0.39, 0.29) is 6.61 Å². The van der Waals surface area contributed by atoms with Crippen LogP contribution in [-0.2, 0) is 4.43 Å². The molecule has 0 spiro atoms. The van der Waals surface area contributed by atoms with Gasteiger partial charge in [-0.05, 0) is 26.1 Å². The van der Waals surface area contributed by atoms with Crippen LogP contribution in [0.1, 0.15) is 6.42 Å². The molecule has 0 aromatic heterocycles. The molecule has 10 heavy (non-hydrogen) atoms. The summed E-state index contributed by atoms with van der Waals surface area (Å²) in [5, 5.41) is 8.59. The minimum Gasteiger partial charge on any atom is -0.419 e. The maximum absolute atomic E-state index is 8.59. The fourth-order valence-electron chi connectivity index (χ4n) is 0.844. The molecule has 0 fully saturated rings. The zero-order chi connectivity index (χ0) is 8.20. The third-order valence-corrected chi connectivity index (χ3v) is 3.48. The molecule has 0 aliphatic rings. The fraction of sp³-hybridized carbons (Fsp3) is 1.00. The summed E-state index contributed by atoms with van der Waals surface area (Å²) in [7, 11) is -0.302. The molecule has 0 aromatic rings. The maximum atomic E-state index is 8.59. The summed E-state index contributed by atoms with van der Waals surface area (Å²) >= 11 is 0. The Bertz CT molecular complexity index is 90.2. The second kappa shape index (κ2) is 4.28. The number of rotatable bonds is 4. The zero-order valence-electron chi connectivity index (χ0n) is 7.35. The second-order valence-electron chi connectivity index (χ2n) is 3.55. The molecule has 1 unspecified atom stereocenters. The minimum absolute atomic E-state index is 0.263. The van der Waals surface area contributed by atoms with Crippen LogP contribution in [0.25, 0.3) is 0 Å². The topological polar surface area (TPSA) is 29.5 Å². The van der Waals surface area contributed by atoms with Gasteiger partial charge >= 0.3 is 0 Å². The molecule has 0 bridgehead atoms. The van der Waals surface area contributed by atoms with E-state index in [9.17, 15) is 0 Å². The van der Waals surface area contributed by atoms with Crippen LogP contribution in [0, 0.1) is 0 Å². The molecule has 0 heterocycles. The highest BCUT2D eigenvalue weighted by molar-refractivity contribution is 6.70. The van der Waals surface area contributed by atoms with Gasteiger partial charge in [0.05, 0.1) is 0 Å². The van der Waals surface area contributed by atoms with Gasteiger partial charge < -0.3 is 9.53 Å². The first kappa shape index (κ1) is 10.4. The van der Waals surface area contributed by atoms with Crippen molar-refractivity contribution in [2.75, 3.05) is 6.61 Å². The molecule has 0 aromatic carbocycles. The first-order valence-electron chi connectivity index (χ1n) is 3.74. The van der Waals surface area contributed by atoms with Crippen LogP contribution in [0.4, 0.5) is 0 Å². The molecule has 0 amide bonds. The van der Waals surface area contributed by atoms with Crippen LogP contribution in [0.15, 0.2) is 0 Å². The second-order valence-corrected chi connectivity index (χ2v) is 9.30. The predicted octanol–water partition coefficient (Wildman–Crippen LogP) is -0.0882. The van der Waals surface area contributed by atoms with E-state index in [0.717, 1.165) is 16.7 Å². The van der Waals surface area contributed by atoms with E-state index < -0.39 is 8.32 Å². The van der Waals surface area contributed by atoms with Crippen molar-refractivity contribution in [1.82, 2.24) is 0 Å². The molecule has 0 saturated carbocycles. The molecule has 0 radical (unpaired) electrons. The molecule has 62 valence electrons. The van der Waals surface area contributed by atoms with Crippen LogP contribution in [-0.4, -0.2) is 36.0 Å². The van der Waals surface area contributed by atoms with Gasteiger partial charge in [0.1, 0.15) is 0 Å². The monoisotopic (exact) mass is 178 g/mol. The smallest absolute Gasteiger partial charge is 0.183 e. The van der Waals surface area contributed by atoms with E-state index in [1.54, 1.807) is 0 Å². The lowest BCUT2D eigenvalue weighted by molar-refractivity contribution is 0.205. The Hall–Kier alpha value is 0.354. The van der Waals surface area contributed by atoms with E-state index in [1.807, 2.05) is 0 Å². The van der Waals surface area contributed by atoms with E-state index in [4.69, 9.17) is 9.53 Å².